The van der Waals surface area contributed by atoms with Gasteiger partial charge < -0.3 is 18.6 Å². The van der Waals surface area contributed by atoms with Crippen LogP contribution in [-0.2, 0) is 29.6 Å². The molecule has 0 radical (unpaired) electrons. The second kappa shape index (κ2) is 21.7. The van der Waals surface area contributed by atoms with E-state index in [-0.39, 0.29) is 0 Å². The molecule has 4 nitrogen and oxygen atoms in total. The number of anilines is 6. The van der Waals surface area contributed by atoms with Gasteiger partial charge in [-0.2, -0.15) is 0 Å². The highest BCUT2D eigenvalue weighted by atomic mass is 28.3. The maximum atomic E-state index is 6.89. The second-order valence-corrected chi connectivity index (χ2v) is 35.5. The van der Waals surface area contributed by atoms with Crippen LogP contribution in [0, 0.1) is 0 Å². The molecule has 6 heteroatoms. The van der Waals surface area contributed by atoms with Crippen LogP contribution in [-0.4, -0.2) is 16.9 Å². The van der Waals surface area contributed by atoms with Crippen molar-refractivity contribution in [3.63, 3.8) is 0 Å². The van der Waals surface area contributed by atoms with E-state index in [1.165, 1.54) is 132 Å². The highest BCUT2D eigenvalue weighted by Crippen LogP contribution is 2.66. The molecule has 16 aromatic carbocycles. The molecule has 0 saturated heterocycles. The first-order valence-electron chi connectivity index (χ1n) is 35.6. The molecule has 22 rings (SSSR count). The fourth-order valence-corrected chi connectivity index (χ4v) is 27.1. The first-order chi connectivity index (χ1) is 50.0. The molecule has 18 aromatic rings. The maximum Gasteiger partial charge on any atom is 0.135 e. The van der Waals surface area contributed by atoms with Gasteiger partial charge in [0.15, 0.2) is 0 Å². The zero-order valence-electron chi connectivity index (χ0n) is 55.4. The van der Waals surface area contributed by atoms with E-state index < -0.39 is 22.3 Å². The van der Waals surface area contributed by atoms with Crippen LogP contribution in [0.3, 0.4) is 0 Å². The number of fused-ring (bicyclic) bond motifs is 22. The van der Waals surface area contributed by atoms with Crippen LogP contribution < -0.4 is 25.4 Å². The first-order valence-corrected chi connectivity index (χ1v) is 40.2. The van der Waals surface area contributed by atoms with Crippen LogP contribution in [0.1, 0.15) is 44.5 Å². The summed E-state index contributed by atoms with van der Waals surface area (Å²) >= 11 is 0. The highest BCUT2D eigenvalue weighted by Gasteiger charge is 2.53. The molecule has 1 spiro atoms. The second-order valence-electron chi connectivity index (χ2n) is 28.6. The summed E-state index contributed by atoms with van der Waals surface area (Å²) in [7, 11) is -3.61. The third kappa shape index (κ3) is 8.41. The average Bonchev–Trinajstić information content (AvgIpc) is 1.50. The third-order valence-electron chi connectivity index (χ3n) is 23.5. The van der Waals surface area contributed by atoms with Crippen LogP contribution in [0.15, 0.2) is 342 Å². The first kappa shape index (κ1) is 56.9. The number of nitrogens with zero attached hydrogens (tertiary/aromatic N) is 2. The number of furan rings is 2. The summed E-state index contributed by atoms with van der Waals surface area (Å²) in [6, 6.07) is 131. The molecule has 0 N–H and O–H groups in total. The molecule has 101 heavy (non-hydrogen) atoms. The van der Waals surface area contributed by atoms with Crippen molar-refractivity contribution in [2.75, 3.05) is 9.80 Å². The Morgan fingerprint density at radius 1 is 0.287 bits per heavy atom. The SMILES string of the molecule is c1ccc([Si]2(c3ccc4oc5ccc(N(c6ccc7c(c6)C6(c8ccccc8-c8ccccc86)c6cc(N(c8ccc9ccccc9c8)c8ccc9oc%10ccc([SiH]%11Cc%12ccccc%12C%11)cc%10c9c8)c8ccccc8c6-7)c6ccc7ccccc7c6)cc5c4c3)Cc3ccccc3C2)cc1. The van der Waals surface area contributed by atoms with Crippen LogP contribution in [0.25, 0.3) is 98.4 Å². The fraction of sp³-hybridized carbons (Fsp3) is 0.0526. The van der Waals surface area contributed by atoms with E-state index in [4.69, 9.17) is 8.83 Å². The molecule has 4 heterocycles. The van der Waals surface area contributed by atoms with E-state index in [1.54, 1.807) is 0 Å². The quantitative estimate of drug-likeness (QED) is 0.135. The van der Waals surface area contributed by atoms with Crippen molar-refractivity contribution in [2.45, 2.75) is 29.6 Å². The Bertz CT molecular complexity index is 6450. The summed E-state index contributed by atoms with van der Waals surface area (Å²) in [5.74, 6) is 0. The smallest absolute Gasteiger partial charge is 0.135 e. The molecular formula is C95H64N2O2Si2. The zero-order chi connectivity index (χ0) is 66.1. The van der Waals surface area contributed by atoms with E-state index in [2.05, 4.69) is 343 Å². The van der Waals surface area contributed by atoms with Gasteiger partial charge in [0.05, 0.1) is 19.9 Å². The van der Waals surface area contributed by atoms with Crippen LogP contribution in [0.2, 0.25) is 0 Å². The van der Waals surface area contributed by atoms with Gasteiger partial charge in [-0.1, -0.05) is 258 Å². The van der Waals surface area contributed by atoms with E-state index in [0.29, 0.717) is 0 Å². The van der Waals surface area contributed by atoms with E-state index in [0.717, 1.165) is 84.7 Å². The van der Waals surface area contributed by atoms with Gasteiger partial charge in [-0.25, -0.2) is 0 Å². The minimum Gasteiger partial charge on any atom is -0.456 e. The molecule has 0 unspecified atom stereocenters. The average molecular weight is 1320 g/mol. The predicted octanol–water partition coefficient (Wildman–Crippen LogP) is 22.0. The summed E-state index contributed by atoms with van der Waals surface area (Å²) in [6.07, 6.45) is 0. The molecule has 4 aliphatic rings. The molecule has 474 valence electrons. The molecule has 2 aromatic heterocycles. The molecule has 0 amide bonds. The molecule has 2 aliphatic heterocycles. The predicted molar refractivity (Wildman–Crippen MR) is 425 cm³/mol. The molecule has 0 bridgehead atoms. The molecule has 0 fully saturated rings. The van der Waals surface area contributed by atoms with Crippen LogP contribution in [0.4, 0.5) is 34.1 Å². The Kier molecular flexibility index (Phi) is 12.2. The Hall–Kier alpha value is -12.1. The van der Waals surface area contributed by atoms with Crippen molar-refractivity contribution >= 4 is 143 Å². The van der Waals surface area contributed by atoms with Gasteiger partial charge in [0.2, 0.25) is 0 Å². The Balaban J connectivity index is 0.761. The maximum absolute atomic E-state index is 6.89. The van der Waals surface area contributed by atoms with E-state index >= 15 is 0 Å². The monoisotopic (exact) mass is 1320 g/mol. The van der Waals surface area contributed by atoms with Crippen molar-refractivity contribution < 1.29 is 8.83 Å². The van der Waals surface area contributed by atoms with Crippen LogP contribution >= 0.6 is 0 Å². The van der Waals surface area contributed by atoms with Gasteiger partial charge in [-0.05, 0) is 209 Å². The Labute approximate surface area is 587 Å². The summed E-state index contributed by atoms with van der Waals surface area (Å²) in [5, 5.41) is 16.1. The molecule has 0 atom stereocenters. The number of hydrogen-bond donors (Lipinski definition) is 0. The zero-order valence-corrected chi connectivity index (χ0v) is 57.5. The fourth-order valence-electron chi connectivity index (χ4n) is 18.9. The molecular weight excluding hydrogens is 1260 g/mol. The van der Waals surface area contributed by atoms with E-state index in [1.807, 2.05) is 0 Å². The Morgan fingerprint density at radius 2 is 0.752 bits per heavy atom. The lowest BCUT2D eigenvalue weighted by atomic mass is 9.70. The normalized spacial score (nSPS) is 14.5. The lowest BCUT2D eigenvalue weighted by Crippen LogP contribution is -2.60. The lowest BCUT2D eigenvalue weighted by molar-refractivity contribution is 0.668. The number of benzene rings is 16. The summed E-state index contributed by atoms with van der Waals surface area (Å²) in [4.78, 5) is 5.05. The standard InChI is InChI=1S/C95H64N2O2Si2/c1-2-26-74(27-3-1)101(58-66-24-10-11-25-67(66)59-101)75-42-47-93-84(54-75)82-50-70(39-44-91(82)99-93)96(68-36-34-60-18-4-6-20-62(60)48-68)72-38-43-80-87(52-72)95(85-32-16-14-28-76(85)77-29-15-17-33-86(77)95)88-55-89(78-30-12-13-31-79(78)94(80)88)97(69-37-35-61-19-5-7-21-63(61)49-69)71-40-45-90-81(51-71)83-53-73(41-46-92(83)98-90)100-56-64-22-8-9-23-65(64)57-100/h1-55,100H,56-59H2. The van der Waals surface area contributed by atoms with Crippen LogP contribution in [0.5, 0.6) is 0 Å². The van der Waals surface area contributed by atoms with Gasteiger partial charge in [0.1, 0.15) is 30.4 Å². The van der Waals surface area contributed by atoms with Gasteiger partial charge >= 0.3 is 0 Å². The summed E-state index contributed by atoms with van der Waals surface area (Å²) < 4.78 is 13.7. The van der Waals surface area contributed by atoms with Crippen molar-refractivity contribution in [3.8, 4) is 22.3 Å². The van der Waals surface area contributed by atoms with Crippen molar-refractivity contribution in [3.05, 3.63) is 378 Å². The van der Waals surface area contributed by atoms with Gasteiger partial charge in [-0.3, -0.25) is 0 Å². The molecule has 2 aliphatic carbocycles. The van der Waals surface area contributed by atoms with Gasteiger partial charge in [0.25, 0.3) is 0 Å². The highest BCUT2D eigenvalue weighted by molar-refractivity contribution is 7.02. The lowest BCUT2D eigenvalue weighted by Gasteiger charge is -2.34. The number of rotatable bonds is 9. The largest absolute Gasteiger partial charge is 0.456 e. The van der Waals surface area contributed by atoms with Gasteiger partial charge in [0, 0.05) is 55.4 Å². The summed E-state index contributed by atoms with van der Waals surface area (Å²) in [6.45, 7) is 0. The topological polar surface area (TPSA) is 32.8 Å². The van der Waals surface area contributed by atoms with Crippen molar-refractivity contribution in [1.82, 2.24) is 0 Å². The third-order valence-corrected chi connectivity index (χ3v) is 31.5. The minimum atomic E-state index is -2.30. The van der Waals surface area contributed by atoms with Gasteiger partial charge in [-0.15, -0.1) is 0 Å². The van der Waals surface area contributed by atoms with E-state index in [9.17, 15) is 0 Å². The van der Waals surface area contributed by atoms with Crippen molar-refractivity contribution in [2.24, 2.45) is 0 Å². The van der Waals surface area contributed by atoms with Crippen molar-refractivity contribution in [1.29, 1.82) is 0 Å². The Morgan fingerprint density at radius 3 is 1.40 bits per heavy atom. The summed E-state index contributed by atoms with van der Waals surface area (Å²) in [5.41, 5.74) is 25.5. The number of hydrogen-bond acceptors (Lipinski definition) is 4. The molecule has 0 saturated carbocycles. The minimum absolute atomic E-state index is 0.735.